The Kier molecular flexibility index (Phi) is 4.80. The molecule has 2 atom stereocenters. The molecule has 5 nitrogen and oxygen atoms in total. The van der Waals surface area contributed by atoms with Gasteiger partial charge in [-0.25, -0.2) is 4.79 Å². The summed E-state index contributed by atoms with van der Waals surface area (Å²) in [4.78, 5) is 23.0. The zero-order valence-corrected chi connectivity index (χ0v) is 9.19. The number of hydrogen-bond acceptors (Lipinski definition) is 4. The molecule has 0 saturated carbocycles. The number of carbonyl (C=O) groups excluding carboxylic acids is 2. The topological polar surface area (TPSA) is 64.6 Å². The van der Waals surface area contributed by atoms with Crippen molar-refractivity contribution in [3.63, 3.8) is 0 Å². The number of amides is 1. The Balaban J connectivity index is 2.50. The number of carbonyl (C=O) groups is 2. The van der Waals surface area contributed by atoms with Gasteiger partial charge in [0, 0.05) is 13.0 Å². The van der Waals surface area contributed by atoms with Crippen molar-refractivity contribution < 1.29 is 19.1 Å². The van der Waals surface area contributed by atoms with E-state index >= 15 is 0 Å². The van der Waals surface area contributed by atoms with Crippen LogP contribution in [0, 0.1) is 18.3 Å². The van der Waals surface area contributed by atoms with Crippen LogP contribution in [0.4, 0.5) is 0 Å². The van der Waals surface area contributed by atoms with E-state index < -0.39 is 12.0 Å². The Morgan fingerprint density at radius 2 is 2.44 bits per heavy atom. The van der Waals surface area contributed by atoms with Crippen LogP contribution in [0.1, 0.15) is 12.8 Å². The van der Waals surface area contributed by atoms with Gasteiger partial charge >= 0.3 is 5.97 Å². The number of nitrogens with one attached hydrogen (secondary N) is 1. The Morgan fingerprint density at radius 3 is 2.94 bits per heavy atom. The zero-order chi connectivity index (χ0) is 12.0. The summed E-state index contributed by atoms with van der Waals surface area (Å²) in [5.41, 5.74) is 0. The van der Waals surface area contributed by atoms with Gasteiger partial charge < -0.3 is 14.8 Å². The van der Waals surface area contributed by atoms with Crippen molar-refractivity contribution in [3.05, 3.63) is 0 Å². The first kappa shape index (κ1) is 12.5. The SMILES string of the molecule is C#CC[C@H](NC(=O)[C@@H]1CCOC1)C(=O)OC. The van der Waals surface area contributed by atoms with E-state index in [0.717, 1.165) is 0 Å². The molecule has 1 N–H and O–H groups in total. The second-order valence-corrected chi connectivity index (χ2v) is 3.55. The van der Waals surface area contributed by atoms with Crippen molar-refractivity contribution in [3.8, 4) is 12.3 Å². The number of esters is 1. The average Bonchev–Trinajstić information content (AvgIpc) is 2.80. The third-order valence-corrected chi connectivity index (χ3v) is 2.42. The van der Waals surface area contributed by atoms with Gasteiger partial charge in [0.15, 0.2) is 0 Å². The molecule has 0 aromatic rings. The van der Waals surface area contributed by atoms with Gasteiger partial charge in [-0.2, -0.15) is 0 Å². The lowest BCUT2D eigenvalue weighted by atomic mass is 10.1. The lowest BCUT2D eigenvalue weighted by molar-refractivity contribution is -0.145. The summed E-state index contributed by atoms with van der Waals surface area (Å²) in [6, 6.07) is -0.761. The van der Waals surface area contributed by atoms with E-state index in [4.69, 9.17) is 11.2 Å². The van der Waals surface area contributed by atoms with E-state index in [-0.39, 0.29) is 18.2 Å². The molecule has 16 heavy (non-hydrogen) atoms. The minimum absolute atomic E-state index is 0.131. The molecule has 1 fully saturated rings. The fourth-order valence-corrected chi connectivity index (χ4v) is 1.48. The molecule has 1 aliphatic heterocycles. The summed E-state index contributed by atoms with van der Waals surface area (Å²) in [5.74, 6) is 1.41. The van der Waals surface area contributed by atoms with Crippen LogP contribution < -0.4 is 5.32 Å². The van der Waals surface area contributed by atoms with E-state index in [9.17, 15) is 9.59 Å². The summed E-state index contributed by atoms with van der Waals surface area (Å²) in [7, 11) is 1.26. The maximum Gasteiger partial charge on any atom is 0.329 e. The molecule has 0 radical (unpaired) electrons. The van der Waals surface area contributed by atoms with Gasteiger partial charge in [0.1, 0.15) is 6.04 Å². The average molecular weight is 225 g/mol. The molecule has 1 rings (SSSR count). The van der Waals surface area contributed by atoms with Gasteiger partial charge in [-0.3, -0.25) is 4.79 Å². The fraction of sp³-hybridized carbons (Fsp3) is 0.636. The predicted octanol–water partition coefficient (Wildman–Crippen LogP) is -0.296. The summed E-state index contributed by atoms with van der Waals surface area (Å²) in [5, 5.41) is 2.57. The van der Waals surface area contributed by atoms with Gasteiger partial charge in [0.2, 0.25) is 5.91 Å². The van der Waals surface area contributed by atoms with Crippen molar-refractivity contribution in [1.29, 1.82) is 0 Å². The molecule has 88 valence electrons. The predicted molar refractivity (Wildman–Crippen MR) is 56.3 cm³/mol. The molecule has 1 aliphatic rings. The fourth-order valence-electron chi connectivity index (χ4n) is 1.48. The Labute approximate surface area is 94.5 Å². The second-order valence-electron chi connectivity index (χ2n) is 3.55. The quantitative estimate of drug-likeness (QED) is 0.527. The van der Waals surface area contributed by atoms with Crippen LogP contribution in [0.3, 0.4) is 0 Å². The Bertz CT molecular complexity index is 302. The smallest absolute Gasteiger partial charge is 0.329 e. The third kappa shape index (κ3) is 3.24. The summed E-state index contributed by atoms with van der Waals surface area (Å²) >= 11 is 0. The molecule has 1 heterocycles. The largest absolute Gasteiger partial charge is 0.467 e. The third-order valence-electron chi connectivity index (χ3n) is 2.42. The van der Waals surface area contributed by atoms with Crippen molar-refractivity contribution >= 4 is 11.9 Å². The normalized spacial score (nSPS) is 20.9. The highest BCUT2D eigenvalue weighted by molar-refractivity contribution is 5.86. The molecular weight excluding hydrogens is 210 g/mol. The highest BCUT2D eigenvalue weighted by atomic mass is 16.5. The zero-order valence-electron chi connectivity index (χ0n) is 9.19. The number of hydrogen-bond donors (Lipinski definition) is 1. The number of ether oxygens (including phenoxy) is 2. The first-order valence-corrected chi connectivity index (χ1v) is 5.08. The van der Waals surface area contributed by atoms with Crippen LogP contribution in [0.5, 0.6) is 0 Å². The van der Waals surface area contributed by atoms with E-state index in [1.807, 2.05) is 0 Å². The Hall–Kier alpha value is -1.54. The van der Waals surface area contributed by atoms with Crippen LogP contribution in [0.2, 0.25) is 0 Å². The van der Waals surface area contributed by atoms with E-state index in [0.29, 0.717) is 19.6 Å². The van der Waals surface area contributed by atoms with Crippen molar-refractivity contribution in [2.45, 2.75) is 18.9 Å². The van der Waals surface area contributed by atoms with E-state index in [1.165, 1.54) is 7.11 Å². The first-order valence-electron chi connectivity index (χ1n) is 5.08. The van der Waals surface area contributed by atoms with Crippen molar-refractivity contribution in [2.24, 2.45) is 5.92 Å². The van der Waals surface area contributed by atoms with Crippen LogP contribution in [0.25, 0.3) is 0 Å². The summed E-state index contributed by atoms with van der Waals surface area (Å²) < 4.78 is 9.64. The molecule has 0 aromatic carbocycles. The lowest BCUT2D eigenvalue weighted by Gasteiger charge is -2.16. The van der Waals surface area contributed by atoms with Crippen LogP contribution in [-0.4, -0.2) is 38.2 Å². The van der Waals surface area contributed by atoms with Gasteiger partial charge in [0.05, 0.1) is 19.6 Å². The van der Waals surface area contributed by atoms with E-state index in [1.54, 1.807) is 0 Å². The standard InChI is InChI=1S/C11H15NO4/c1-3-4-9(11(14)15-2)12-10(13)8-5-6-16-7-8/h1,8-9H,4-7H2,2H3,(H,12,13)/t8-,9+/m1/s1. The molecule has 1 saturated heterocycles. The minimum atomic E-state index is -0.761. The van der Waals surface area contributed by atoms with Crippen molar-refractivity contribution in [2.75, 3.05) is 20.3 Å². The summed E-state index contributed by atoms with van der Waals surface area (Å²) in [6.07, 6.45) is 5.92. The highest BCUT2D eigenvalue weighted by Crippen LogP contribution is 2.12. The van der Waals surface area contributed by atoms with Gasteiger partial charge in [-0.1, -0.05) is 0 Å². The molecular formula is C11H15NO4. The number of terminal acetylenes is 1. The summed E-state index contributed by atoms with van der Waals surface area (Å²) in [6.45, 7) is 0.978. The van der Waals surface area contributed by atoms with Gasteiger partial charge in [-0.05, 0) is 6.42 Å². The number of methoxy groups -OCH3 is 1. The molecule has 0 spiro atoms. The molecule has 1 amide bonds. The monoisotopic (exact) mass is 225 g/mol. The van der Waals surface area contributed by atoms with Crippen LogP contribution >= 0.6 is 0 Å². The first-order chi connectivity index (χ1) is 7.69. The second kappa shape index (κ2) is 6.13. The lowest BCUT2D eigenvalue weighted by Crippen LogP contribution is -2.44. The molecule has 0 bridgehead atoms. The maximum absolute atomic E-state index is 11.7. The Morgan fingerprint density at radius 1 is 1.69 bits per heavy atom. The van der Waals surface area contributed by atoms with Crippen LogP contribution in [-0.2, 0) is 19.1 Å². The van der Waals surface area contributed by atoms with Crippen LogP contribution in [0.15, 0.2) is 0 Å². The molecule has 0 unspecified atom stereocenters. The van der Waals surface area contributed by atoms with E-state index in [2.05, 4.69) is 16.0 Å². The highest BCUT2D eigenvalue weighted by Gasteiger charge is 2.28. The molecule has 5 heteroatoms. The molecule has 0 aromatic heterocycles. The number of rotatable bonds is 4. The molecule has 0 aliphatic carbocycles. The van der Waals surface area contributed by atoms with Gasteiger partial charge in [-0.15, -0.1) is 12.3 Å². The van der Waals surface area contributed by atoms with Crippen molar-refractivity contribution in [1.82, 2.24) is 5.32 Å². The maximum atomic E-state index is 11.7. The minimum Gasteiger partial charge on any atom is -0.467 e. The van der Waals surface area contributed by atoms with Gasteiger partial charge in [0.25, 0.3) is 0 Å².